The van der Waals surface area contributed by atoms with Crippen LogP contribution in [0.25, 0.3) is 0 Å². The molecule has 1 aliphatic rings. The number of rotatable bonds is 9. The molecule has 0 aliphatic heterocycles. The molecule has 1 saturated carbocycles. The lowest BCUT2D eigenvalue weighted by Gasteiger charge is -2.31. The minimum atomic E-state index is 0.198. The zero-order valence-electron chi connectivity index (χ0n) is 14.9. The molecule has 2 nitrogen and oxygen atoms in total. The van der Waals surface area contributed by atoms with Crippen LogP contribution < -0.4 is 4.74 Å². The molecular formula is C21H32O2. The lowest BCUT2D eigenvalue weighted by molar-refractivity contribution is 0.0967. The third-order valence-corrected chi connectivity index (χ3v) is 5.05. The van der Waals surface area contributed by atoms with E-state index in [0.717, 1.165) is 17.7 Å². The number of carbonyl (C=O) groups excluding carboxylic acids is 1. The van der Waals surface area contributed by atoms with Crippen LogP contribution in [0, 0.1) is 5.92 Å². The number of ether oxygens (including phenoxy) is 1. The fourth-order valence-electron chi connectivity index (χ4n) is 3.59. The average molecular weight is 316 g/mol. The van der Waals surface area contributed by atoms with Crippen molar-refractivity contribution >= 4 is 5.78 Å². The number of hydrogen-bond donors (Lipinski definition) is 0. The summed E-state index contributed by atoms with van der Waals surface area (Å²) >= 11 is 0. The first kappa shape index (κ1) is 18.0. The molecule has 0 amide bonds. The van der Waals surface area contributed by atoms with E-state index in [-0.39, 0.29) is 5.78 Å². The average Bonchev–Trinajstić information content (AvgIpc) is 2.61. The standard InChI is InChI=1S/C21H32O2/c1-3-5-7-12-21(18-10-8-6-9-11-18)23-19-15-13-17(14-16-19)20(22)4-2/h13-16,18,21H,3-12H2,1-2H3. The molecule has 0 N–H and O–H groups in total. The highest BCUT2D eigenvalue weighted by atomic mass is 16.5. The van der Waals surface area contributed by atoms with Gasteiger partial charge < -0.3 is 4.74 Å². The van der Waals surface area contributed by atoms with Crippen molar-refractivity contribution in [1.82, 2.24) is 0 Å². The molecule has 1 unspecified atom stereocenters. The van der Waals surface area contributed by atoms with Gasteiger partial charge in [-0.15, -0.1) is 0 Å². The summed E-state index contributed by atoms with van der Waals surface area (Å²) in [5.41, 5.74) is 0.792. The van der Waals surface area contributed by atoms with E-state index in [1.165, 1.54) is 51.4 Å². The zero-order valence-corrected chi connectivity index (χ0v) is 14.9. The van der Waals surface area contributed by atoms with Gasteiger partial charge in [0.15, 0.2) is 5.78 Å². The van der Waals surface area contributed by atoms with Gasteiger partial charge in [-0.3, -0.25) is 4.79 Å². The summed E-state index contributed by atoms with van der Waals surface area (Å²) in [6.45, 7) is 4.15. The quantitative estimate of drug-likeness (QED) is 0.401. The van der Waals surface area contributed by atoms with Crippen LogP contribution in [0.3, 0.4) is 0 Å². The molecule has 0 aromatic heterocycles. The molecular weight excluding hydrogens is 284 g/mol. The molecule has 23 heavy (non-hydrogen) atoms. The van der Waals surface area contributed by atoms with Crippen molar-refractivity contribution in [2.24, 2.45) is 5.92 Å². The van der Waals surface area contributed by atoms with Crippen LogP contribution in [0.4, 0.5) is 0 Å². The highest BCUT2D eigenvalue weighted by Crippen LogP contribution is 2.31. The molecule has 0 radical (unpaired) electrons. The Kier molecular flexibility index (Phi) is 7.64. The van der Waals surface area contributed by atoms with Gasteiger partial charge in [-0.2, -0.15) is 0 Å². The van der Waals surface area contributed by atoms with E-state index in [9.17, 15) is 4.79 Å². The van der Waals surface area contributed by atoms with Crippen molar-refractivity contribution in [1.29, 1.82) is 0 Å². The molecule has 0 heterocycles. The molecule has 1 atom stereocenters. The molecule has 1 aromatic carbocycles. The largest absolute Gasteiger partial charge is 0.490 e. The van der Waals surface area contributed by atoms with Crippen LogP contribution in [0.2, 0.25) is 0 Å². The summed E-state index contributed by atoms with van der Waals surface area (Å²) in [6.07, 6.45) is 12.6. The summed E-state index contributed by atoms with van der Waals surface area (Å²) in [7, 11) is 0. The Morgan fingerprint density at radius 2 is 1.78 bits per heavy atom. The first-order valence-corrected chi connectivity index (χ1v) is 9.54. The van der Waals surface area contributed by atoms with Crippen molar-refractivity contribution < 1.29 is 9.53 Å². The summed E-state index contributed by atoms with van der Waals surface area (Å²) < 4.78 is 6.36. The van der Waals surface area contributed by atoms with Gasteiger partial charge in [0.2, 0.25) is 0 Å². The number of hydrogen-bond acceptors (Lipinski definition) is 2. The van der Waals surface area contributed by atoms with Gasteiger partial charge in [0.05, 0.1) is 0 Å². The fraction of sp³-hybridized carbons (Fsp3) is 0.667. The first-order valence-electron chi connectivity index (χ1n) is 9.54. The SMILES string of the molecule is CCCCCC(Oc1ccc(C(=O)CC)cc1)C1CCCCC1. The predicted octanol–water partition coefficient (Wildman–Crippen LogP) is 6.19. The van der Waals surface area contributed by atoms with Gasteiger partial charge in [0.25, 0.3) is 0 Å². The maximum atomic E-state index is 11.7. The molecule has 1 aliphatic carbocycles. The van der Waals surface area contributed by atoms with Gasteiger partial charge in [-0.05, 0) is 55.9 Å². The van der Waals surface area contributed by atoms with E-state index in [0.29, 0.717) is 18.4 Å². The smallest absolute Gasteiger partial charge is 0.162 e. The third-order valence-electron chi connectivity index (χ3n) is 5.05. The molecule has 0 saturated heterocycles. The van der Waals surface area contributed by atoms with Crippen molar-refractivity contribution in [3.8, 4) is 5.75 Å². The van der Waals surface area contributed by atoms with Crippen molar-refractivity contribution in [3.05, 3.63) is 29.8 Å². The van der Waals surface area contributed by atoms with E-state index < -0.39 is 0 Å². The fourth-order valence-corrected chi connectivity index (χ4v) is 3.59. The molecule has 128 valence electrons. The Morgan fingerprint density at radius 3 is 2.39 bits per heavy atom. The summed E-state index contributed by atoms with van der Waals surface area (Å²) in [6, 6.07) is 7.76. The van der Waals surface area contributed by atoms with Crippen molar-refractivity contribution in [2.75, 3.05) is 0 Å². The Morgan fingerprint density at radius 1 is 1.09 bits per heavy atom. The lowest BCUT2D eigenvalue weighted by Crippen LogP contribution is -2.29. The Bertz CT molecular complexity index is 457. The number of carbonyl (C=O) groups is 1. The maximum Gasteiger partial charge on any atom is 0.162 e. The molecule has 1 fully saturated rings. The van der Waals surface area contributed by atoms with Gasteiger partial charge in [-0.25, -0.2) is 0 Å². The molecule has 2 rings (SSSR count). The summed E-state index contributed by atoms with van der Waals surface area (Å²) in [4.78, 5) is 11.7. The normalized spacial score (nSPS) is 17.0. The second-order valence-electron chi connectivity index (χ2n) is 6.85. The van der Waals surface area contributed by atoms with Crippen LogP contribution in [0.5, 0.6) is 5.75 Å². The molecule has 0 bridgehead atoms. The number of unbranched alkanes of at least 4 members (excludes halogenated alkanes) is 2. The number of benzene rings is 1. The first-order chi connectivity index (χ1) is 11.2. The summed E-state index contributed by atoms with van der Waals surface area (Å²) in [5, 5.41) is 0. The monoisotopic (exact) mass is 316 g/mol. The summed E-state index contributed by atoms with van der Waals surface area (Å²) in [5.74, 6) is 1.82. The van der Waals surface area contributed by atoms with Crippen LogP contribution in [-0.4, -0.2) is 11.9 Å². The van der Waals surface area contributed by atoms with E-state index in [4.69, 9.17) is 4.74 Å². The Hall–Kier alpha value is -1.31. The highest BCUT2D eigenvalue weighted by Gasteiger charge is 2.25. The van der Waals surface area contributed by atoms with Gasteiger partial charge in [0.1, 0.15) is 11.9 Å². The van der Waals surface area contributed by atoms with Crippen LogP contribution in [-0.2, 0) is 0 Å². The topological polar surface area (TPSA) is 26.3 Å². The lowest BCUT2D eigenvalue weighted by atomic mass is 9.83. The number of Topliss-reactive ketones (excluding diaryl/α,β-unsaturated/α-hetero) is 1. The Labute approximate surface area is 141 Å². The zero-order chi connectivity index (χ0) is 16.5. The van der Waals surface area contributed by atoms with E-state index in [1.807, 2.05) is 31.2 Å². The second-order valence-corrected chi connectivity index (χ2v) is 6.85. The third kappa shape index (κ3) is 5.67. The van der Waals surface area contributed by atoms with Crippen molar-refractivity contribution in [3.63, 3.8) is 0 Å². The van der Waals surface area contributed by atoms with Crippen LogP contribution >= 0.6 is 0 Å². The van der Waals surface area contributed by atoms with Gasteiger partial charge in [-0.1, -0.05) is 46.0 Å². The minimum Gasteiger partial charge on any atom is -0.490 e. The van der Waals surface area contributed by atoms with Gasteiger partial charge >= 0.3 is 0 Å². The van der Waals surface area contributed by atoms with E-state index >= 15 is 0 Å². The molecule has 2 heteroatoms. The molecule has 0 spiro atoms. The highest BCUT2D eigenvalue weighted by molar-refractivity contribution is 5.95. The number of ketones is 1. The predicted molar refractivity (Wildman–Crippen MR) is 96.2 cm³/mol. The van der Waals surface area contributed by atoms with Crippen LogP contribution in [0.15, 0.2) is 24.3 Å². The maximum absolute atomic E-state index is 11.7. The van der Waals surface area contributed by atoms with Crippen LogP contribution in [0.1, 0.15) is 88.4 Å². The molecule has 1 aromatic rings. The van der Waals surface area contributed by atoms with Crippen molar-refractivity contribution in [2.45, 2.75) is 84.2 Å². The van der Waals surface area contributed by atoms with E-state index in [2.05, 4.69) is 6.92 Å². The second kappa shape index (κ2) is 9.75. The minimum absolute atomic E-state index is 0.198. The van der Waals surface area contributed by atoms with E-state index in [1.54, 1.807) is 0 Å². The Balaban J connectivity index is 1.98. The van der Waals surface area contributed by atoms with Gasteiger partial charge in [0, 0.05) is 12.0 Å².